The fourth-order valence-electron chi connectivity index (χ4n) is 4.17. The molecule has 155 valence electrons. The van der Waals surface area contributed by atoms with Crippen LogP contribution in [0.4, 0.5) is 0 Å². The van der Waals surface area contributed by atoms with Gasteiger partial charge in [0.25, 0.3) is 0 Å². The third-order valence-corrected chi connectivity index (χ3v) is 6.02. The van der Waals surface area contributed by atoms with Crippen molar-refractivity contribution in [2.24, 2.45) is 0 Å². The van der Waals surface area contributed by atoms with Crippen molar-refractivity contribution in [2.75, 3.05) is 0 Å². The molecular formula is C28H43. The highest BCUT2D eigenvalue weighted by Crippen LogP contribution is 2.17. The minimum Gasteiger partial charge on any atom is -0.0654 e. The summed E-state index contributed by atoms with van der Waals surface area (Å²) < 4.78 is 0. The van der Waals surface area contributed by atoms with E-state index in [1.165, 1.54) is 125 Å². The van der Waals surface area contributed by atoms with Gasteiger partial charge in [-0.1, -0.05) is 140 Å². The van der Waals surface area contributed by atoms with Crippen molar-refractivity contribution in [3.05, 3.63) is 48.0 Å². The summed E-state index contributed by atoms with van der Waals surface area (Å²) in [6.07, 6.45) is 24.1. The molecule has 0 saturated carbocycles. The number of fused-ring (bicyclic) bond motifs is 1. The van der Waals surface area contributed by atoms with Crippen molar-refractivity contribution in [3.8, 4) is 0 Å². The molecular weight excluding hydrogens is 336 g/mol. The molecule has 0 bridgehead atoms. The Kier molecular flexibility index (Phi) is 12.8. The van der Waals surface area contributed by atoms with Gasteiger partial charge in [-0.25, -0.2) is 0 Å². The lowest BCUT2D eigenvalue weighted by atomic mass is 10.0. The highest BCUT2D eigenvalue weighted by molar-refractivity contribution is 5.82. The number of rotatable bonds is 17. The summed E-state index contributed by atoms with van der Waals surface area (Å²) in [6, 6.07) is 16.6. The van der Waals surface area contributed by atoms with Crippen molar-refractivity contribution in [1.82, 2.24) is 0 Å². The maximum absolute atomic E-state index is 3.58. The number of aryl methyl sites for hydroxylation is 1. The van der Waals surface area contributed by atoms with E-state index in [1.54, 1.807) is 0 Å². The Morgan fingerprint density at radius 3 is 1.61 bits per heavy atom. The lowest BCUT2D eigenvalue weighted by molar-refractivity contribution is 0.529. The topological polar surface area (TPSA) is 0 Å². The van der Waals surface area contributed by atoms with Crippen molar-refractivity contribution in [3.63, 3.8) is 0 Å². The zero-order valence-corrected chi connectivity index (χ0v) is 18.5. The van der Waals surface area contributed by atoms with Crippen LogP contribution in [0.2, 0.25) is 0 Å². The summed E-state index contributed by atoms with van der Waals surface area (Å²) in [5.41, 5.74) is 1.38. The van der Waals surface area contributed by atoms with Crippen molar-refractivity contribution in [1.29, 1.82) is 0 Å². The van der Waals surface area contributed by atoms with Crippen LogP contribution in [0.3, 0.4) is 0 Å². The van der Waals surface area contributed by atoms with E-state index in [4.69, 9.17) is 0 Å². The molecule has 0 heteroatoms. The van der Waals surface area contributed by atoms with Gasteiger partial charge in [-0.05, 0) is 35.2 Å². The molecule has 0 aliphatic rings. The number of benzene rings is 2. The molecule has 0 nitrogen and oxygen atoms in total. The number of unbranched alkanes of at least 4 members (excludes halogenated alkanes) is 15. The molecule has 1 radical (unpaired) electrons. The van der Waals surface area contributed by atoms with E-state index < -0.39 is 0 Å². The van der Waals surface area contributed by atoms with Gasteiger partial charge < -0.3 is 0 Å². The first-order valence-corrected chi connectivity index (χ1v) is 12.3. The van der Waals surface area contributed by atoms with Crippen LogP contribution in [0.1, 0.15) is 115 Å². The molecule has 28 heavy (non-hydrogen) atoms. The highest BCUT2D eigenvalue weighted by Gasteiger charge is 1.98. The lowest BCUT2D eigenvalue weighted by Gasteiger charge is -2.05. The highest BCUT2D eigenvalue weighted by atomic mass is 14.0. The molecule has 2 aromatic rings. The summed E-state index contributed by atoms with van der Waals surface area (Å²) in [5, 5.41) is 2.56. The maximum Gasteiger partial charge on any atom is -0.00643 e. The molecule has 0 fully saturated rings. The third kappa shape index (κ3) is 10.3. The molecule has 2 rings (SSSR count). The minimum absolute atomic E-state index is 1.18. The van der Waals surface area contributed by atoms with Crippen LogP contribution in [0, 0.1) is 6.07 Å². The Balaban J connectivity index is 1.35. The van der Waals surface area contributed by atoms with Crippen molar-refractivity contribution < 1.29 is 0 Å². The molecule has 0 unspecified atom stereocenters. The van der Waals surface area contributed by atoms with Crippen LogP contribution in [0.25, 0.3) is 10.8 Å². The van der Waals surface area contributed by atoms with Gasteiger partial charge in [0.2, 0.25) is 0 Å². The quantitative estimate of drug-likeness (QED) is 0.240. The Morgan fingerprint density at radius 1 is 0.536 bits per heavy atom. The van der Waals surface area contributed by atoms with Crippen LogP contribution in [0.5, 0.6) is 0 Å². The minimum atomic E-state index is 1.18. The van der Waals surface area contributed by atoms with Gasteiger partial charge >= 0.3 is 0 Å². The normalized spacial score (nSPS) is 11.3. The second kappa shape index (κ2) is 15.6. The SMILES string of the molecule is CCCCCCCCCCCCCCCCCCc1[c]c2ccccc2cc1. The molecule has 0 heterocycles. The zero-order valence-electron chi connectivity index (χ0n) is 18.5. The zero-order chi connectivity index (χ0) is 19.7. The van der Waals surface area contributed by atoms with Gasteiger partial charge in [-0.15, -0.1) is 0 Å². The van der Waals surface area contributed by atoms with E-state index >= 15 is 0 Å². The smallest absolute Gasteiger partial charge is 0.00643 e. The van der Waals surface area contributed by atoms with Crippen LogP contribution >= 0.6 is 0 Å². The standard InChI is InChI=1S/C28H43/c1-2-3-4-5-6-7-8-9-10-11-12-13-14-15-16-17-20-26-23-24-27-21-18-19-22-28(27)25-26/h18-19,21-24H,2-17,20H2,1H3. The van der Waals surface area contributed by atoms with Gasteiger partial charge in [0.15, 0.2) is 0 Å². The fourth-order valence-corrected chi connectivity index (χ4v) is 4.17. The first kappa shape index (κ1) is 23.0. The van der Waals surface area contributed by atoms with E-state index in [2.05, 4.69) is 49.4 Å². The first-order chi connectivity index (χ1) is 13.9. The number of hydrogen-bond acceptors (Lipinski definition) is 0. The van der Waals surface area contributed by atoms with E-state index in [1.807, 2.05) is 0 Å². The molecule has 2 aromatic carbocycles. The summed E-state index contributed by atoms with van der Waals surface area (Å²) in [5.74, 6) is 0. The Morgan fingerprint density at radius 2 is 1.04 bits per heavy atom. The van der Waals surface area contributed by atoms with Gasteiger partial charge in [0.05, 0.1) is 0 Å². The van der Waals surface area contributed by atoms with Gasteiger partial charge in [-0.3, -0.25) is 0 Å². The summed E-state index contributed by atoms with van der Waals surface area (Å²) in [6.45, 7) is 2.30. The molecule has 0 aliphatic carbocycles. The first-order valence-electron chi connectivity index (χ1n) is 12.3. The Bertz CT molecular complexity index is 612. The Labute approximate surface area is 175 Å². The molecule has 0 atom stereocenters. The van der Waals surface area contributed by atoms with Gasteiger partial charge in [0.1, 0.15) is 0 Å². The lowest BCUT2D eigenvalue weighted by Crippen LogP contribution is -1.87. The average Bonchev–Trinajstić information content (AvgIpc) is 2.73. The van der Waals surface area contributed by atoms with E-state index in [0.717, 1.165) is 0 Å². The second-order valence-corrected chi connectivity index (χ2v) is 8.62. The monoisotopic (exact) mass is 379 g/mol. The van der Waals surface area contributed by atoms with Crippen LogP contribution in [0.15, 0.2) is 36.4 Å². The molecule has 0 N–H and O–H groups in total. The summed E-state index contributed by atoms with van der Waals surface area (Å²) >= 11 is 0. The van der Waals surface area contributed by atoms with E-state index in [9.17, 15) is 0 Å². The van der Waals surface area contributed by atoms with Crippen LogP contribution < -0.4 is 0 Å². The molecule has 0 spiro atoms. The van der Waals surface area contributed by atoms with E-state index in [0.29, 0.717) is 0 Å². The third-order valence-electron chi connectivity index (χ3n) is 6.02. The van der Waals surface area contributed by atoms with Gasteiger partial charge in [-0.2, -0.15) is 0 Å². The summed E-state index contributed by atoms with van der Waals surface area (Å²) in [4.78, 5) is 0. The molecule has 0 aliphatic heterocycles. The van der Waals surface area contributed by atoms with E-state index in [-0.39, 0.29) is 0 Å². The number of hydrogen-bond donors (Lipinski definition) is 0. The molecule has 0 saturated heterocycles. The predicted molar refractivity (Wildman–Crippen MR) is 126 cm³/mol. The van der Waals surface area contributed by atoms with Crippen LogP contribution in [-0.4, -0.2) is 0 Å². The largest absolute Gasteiger partial charge is 0.0654 e. The maximum atomic E-state index is 3.58. The van der Waals surface area contributed by atoms with Crippen molar-refractivity contribution >= 4 is 10.8 Å². The Hall–Kier alpha value is -1.30. The van der Waals surface area contributed by atoms with Crippen molar-refractivity contribution in [2.45, 2.75) is 116 Å². The molecule has 0 amide bonds. The molecule has 0 aromatic heterocycles. The second-order valence-electron chi connectivity index (χ2n) is 8.62. The average molecular weight is 380 g/mol. The van der Waals surface area contributed by atoms with Crippen LogP contribution in [-0.2, 0) is 6.42 Å². The predicted octanol–water partition coefficient (Wildman–Crippen LogP) is 9.44. The fraction of sp³-hybridized carbons (Fsp3) is 0.643. The van der Waals surface area contributed by atoms with Gasteiger partial charge in [0, 0.05) is 0 Å². The summed E-state index contributed by atoms with van der Waals surface area (Å²) in [7, 11) is 0.